The van der Waals surface area contributed by atoms with E-state index >= 15 is 8.78 Å². The molecule has 4 aromatic heterocycles. The maximum atomic E-state index is 15.2. The summed E-state index contributed by atoms with van der Waals surface area (Å²) < 4.78 is 59.4. The molecule has 0 amide bonds. The summed E-state index contributed by atoms with van der Waals surface area (Å²) in [4.78, 5) is 80.8. The van der Waals surface area contributed by atoms with Crippen molar-refractivity contribution >= 4 is 69.5 Å². The fourth-order valence-corrected chi connectivity index (χ4v) is 7.53. The molecule has 2 aliphatic rings. The molecule has 2 fully saturated rings. The third-order valence-electron chi connectivity index (χ3n) is 11.0. The standard InChI is InChI=1S/C40H50F4N16O6/c41-5-9-59-21-25(35(63)64)29(61)23-19-27(43)33(51-31(23)59)55-11-15-57(16-12-55)39(47)53-37(45)49-7-3-1-2-4-8-50-38(46)54-40(48)58-17-13-56(14-18-58)34-28(44)20-24-30(62)26(36(65)66)22-60(10-6-42)32(24)52-34/h19-22H,1-18H2,(H,63,64)(H,65,66)(H4,45,47,49,53)(H4,46,48,50,54). The van der Waals surface area contributed by atoms with Crippen molar-refractivity contribution in [1.82, 2.24) is 28.9 Å². The van der Waals surface area contributed by atoms with E-state index in [0.29, 0.717) is 52.1 Å². The zero-order chi connectivity index (χ0) is 47.7. The molecule has 0 atom stereocenters. The Morgan fingerprint density at radius 3 is 1.30 bits per heavy atom. The summed E-state index contributed by atoms with van der Waals surface area (Å²) in [6.45, 7) is 0.925. The fraction of sp³-hybridized carbons (Fsp3) is 0.450. The number of aliphatic imine (C=N–C) groups is 4. The Morgan fingerprint density at radius 1 is 0.606 bits per heavy atom. The molecular formula is C40H50F4N16O6. The van der Waals surface area contributed by atoms with Gasteiger partial charge in [-0.1, -0.05) is 12.8 Å². The molecule has 0 bridgehead atoms. The number of unbranched alkanes of at least 4 members (excludes halogenated alkanes) is 3. The van der Waals surface area contributed by atoms with Gasteiger partial charge in [-0.25, -0.2) is 37.1 Å². The number of carbonyl (C=O) groups is 2. The largest absolute Gasteiger partial charge is 0.477 e. The van der Waals surface area contributed by atoms with Gasteiger partial charge in [0.25, 0.3) is 0 Å². The number of hydrogen-bond donors (Lipinski definition) is 6. The molecule has 2 saturated heterocycles. The van der Waals surface area contributed by atoms with Crippen molar-refractivity contribution < 1.29 is 37.4 Å². The zero-order valence-electron chi connectivity index (χ0n) is 35.8. The minimum Gasteiger partial charge on any atom is -0.477 e. The normalized spacial score (nSPS) is 15.6. The number of nitrogens with two attached hydrogens (primary N) is 4. The average molecular weight is 927 g/mol. The predicted molar refractivity (Wildman–Crippen MR) is 240 cm³/mol. The van der Waals surface area contributed by atoms with Crippen LogP contribution in [0.15, 0.2) is 54.1 Å². The molecule has 6 heterocycles. The molecule has 0 spiro atoms. The van der Waals surface area contributed by atoms with E-state index in [9.17, 15) is 38.2 Å². The Hall–Kier alpha value is -7.54. The van der Waals surface area contributed by atoms with Crippen LogP contribution < -0.4 is 43.6 Å². The number of guanidine groups is 4. The number of carboxylic acid groups (broad SMARTS) is 2. The highest BCUT2D eigenvalue weighted by Crippen LogP contribution is 2.25. The first-order valence-electron chi connectivity index (χ1n) is 21.0. The number of halogens is 4. The lowest BCUT2D eigenvalue weighted by atomic mass is 10.2. The van der Waals surface area contributed by atoms with Gasteiger partial charge in [-0.3, -0.25) is 19.6 Å². The van der Waals surface area contributed by atoms with Crippen molar-refractivity contribution in [1.29, 1.82) is 0 Å². The molecule has 0 radical (unpaired) electrons. The molecule has 66 heavy (non-hydrogen) atoms. The highest BCUT2D eigenvalue weighted by atomic mass is 19.1. The van der Waals surface area contributed by atoms with Gasteiger partial charge in [0, 0.05) is 77.8 Å². The van der Waals surface area contributed by atoms with Crippen molar-refractivity contribution in [2.45, 2.75) is 38.8 Å². The highest BCUT2D eigenvalue weighted by Gasteiger charge is 2.27. The van der Waals surface area contributed by atoms with Gasteiger partial charge in [-0.15, -0.1) is 0 Å². The quantitative estimate of drug-likeness (QED) is 0.0409. The van der Waals surface area contributed by atoms with Crippen LogP contribution >= 0.6 is 0 Å². The number of anilines is 2. The van der Waals surface area contributed by atoms with Crippen molar-refractivity contribution in [3.8, 4) is 0 Å². The maximum absolute atomic E-state index is 15.2. The Morgan fingerprint density at radius 2 is 0.970 bits per heavy atom. The van der Waals surface area contributed by atoms with Crippen molar-refractivity contribution in [2.75, 3.05) is 88.6 Å². The molecule has 6 rings (SSSR count). The van der Waals surface area contributed by atoms with Gasteiger partial charge in [-0.05, 0) is 25.0 Å². The van der Waals surface area contributed by atoms with Crippen LogP contribution in [-0.2, 0) is 13.1 Å². The molecule has 354 valence electrons. The van der Waals surface area contributed by atoms with Gasteiger partial charge in [-0.2, -0.15) is 9.98 Å². The first-order chi connectivity index (χ1) is 31.6. The molecule has 0 aliphatic carbocycles. The number of rotatable bonds is 15. The number of piperazine rings is 2. The van der Waals surface area contributed by atoms with Gasteiger partial charge in [0.2, 0.25) is 22.8 Å². The van der Waals surface area contributed by atoms with Crippen molar-refractivity contribution in [2.24, 2.45) is 42.9 Å². The molecule has 4 aromatic rings. The first-order valence-corrected chi connectivity index (χ1v) is 21.0. The molecule has 0 saturated carbocycles. The van der Waals surface area contributed by atoms with E-state index in [1.165, 1.54) is 9.13 Å². The second kappa shape index (κ2) is 21.4. The first kappa shape index (κ1) is 47.9. The second-order valence-electron chi connectivity index (χ2n) is 15.2. The Bertz CT molecular complexity index is 2530. The van der Waals surface area contributed by atoms with Crippen LogP contribution in [0.25, 0.3) is 22.1 Å². The monoisotopic (exact) mass is 926 g/mol. The minimum atomic E-state index is -1.51. The molecule has 0 aromatic carbocycles. The fourth-order valence-electron chi connectivity index (χ4n) is 7.53. The van der Waals surface area contributed by atoms with E-state index in [1.54, 1.807) is 19.6 Å². The van der Waals surface area contributed by atoms with Crippen LogP contribution in [0.2, 0.25) is 0 Å². The van der Waals surface area contributed by atoms with Crippen LogP contribution in [0, 0.1) is 11.6 Å². The van der Waals surface area contributed by atoms with Crippen LogP contribution in [-0.4, -0.2) is 154 Å². The molecule has 0 unspecified atom stereocenters. The zero-order valence-corrected chi connectivity index (χ0v) is 35.8. The molecule has 22 nitrogen and oxygen atoms in total. The van der Waals surface area contributed by atoms with Crippen LogP contribution in [0.1, 0.15) is 46.4 Å². The maximum Gasteiger partial charge on any atom is 0.341 e. The molecular weight excluding hydrogens is 877 g/mol. The number of carboxylic acids is 2. The summed E-state index contributed by atoms with van der Waals surface area (Å²) in [7, 11) is 0. The lowest BCUT2D eigenvalue weighted by Crippen LogP contribution is -2.52. The van der Waals surface area contributed by atoms with Crippen molar-refractivity contribution in [3.05, 3.63) is 67.7 Å². The highest BCUT2D eigenvalue weighted by molar-refractivity contribution is 5.95. The average Bonchev–Trinajstić information content (AvgIpc) is 3.28. The number of hydrogen-bond acceptors (Lipinski definition) is 10. The predicted octanol–water partition coefficient (Wildman–Crippen LogP) is 0.483. The summed E-state index contributed by atoms with van der Waals surface area (Å²) in [5.41, 5.74) is 21.3. The van der Waals surface area contributed by atoms with Gasteiger partial charge in [0.15, 0.2) is 35.2 Å². The third kappa shape index (κ3) is 11.0. The van der Waals surface area contributed by atoms with Crippen LogP contribution in [0.4, 0.5) is 29.2 Å². The number of pyridine rings is 4. The van der Waals surface area contributed by atoms with Gasteiger partial charge < -0.3 is 61.9 Å². The number of aryl methyl sites for hydroxylation is 2. The van der Waals surface area contributed by atoms with E-state index in [4.69, 9.17) is 22.9 Å². The Balaban J connectivity index is 0.913. The van der Waals surface area contributed by atoms with Crippen LogP contribution in [0.5, 0.6) is 0 Å². The number of aromatic carboxylic acids is 2. The SMILES string of the molecule is NC(=NCCCCCCN=C(N)N=C(N)N1CCN(c2nc3c(cc2F)c(=O)c(C(=O)O)cn3CCF)CC1)N=C(N)N1CCN(c2nc3c(cc2F)c(=O)c(C(=O)O)cn3CCF)CC1. The summed E-state index contributed by atoms with van der Waals surface area (Å²) in [6.07, 6.45) is 5.08. The van der Waals surface area contributed by atoms with E-state index in [-0.39, 0.29) is 96.8 Å². The smallest absolute Gasteiger partial charge is 0.341 e. The van der Waals surface area contributed by atoms with E-state index in [1.807, 2.05) is 0 Å². The Kier molecular flexibility index (Phi) is 15.6. The number of aromatic nitrogens is 4. The van der Waals surface area contributed by atoms with E-state index in [0.717, 1.165) is 37.4 Å². The summed E-state index contributed by atoms with van der Waals surface area (Å²) in [5, 5.41) is 18.2. The Labute approximate surface area is 373 Å². The van der Waals surface area contributed by atoms with Gasteiger partial charge in [0.1, 0.15) is 35.8 Å². The van der Waals surface area contributed by atoms with E-state index in [2.05, 4.69) is 29.9 Å². The number of fused-ring (bicyclic) bond motifs is 2. The van der Waals surface area contributed by atoms with Gasteiger partial charge in [0.05, 0.1) is 23.9 Å². The summed E-state index contributed by atoms with van der Waals surface area (Å²) in [6, 6.07) is 1.85. The van der Waals surface area contributed by atoms with Gasteiger partial charge >= 0.3 is 11.9 Å². The van der Waals surface area contributed by atoms with Crippen molar-refractivity contribution in [3.63, 3.8) is 0 Å². The van der Waals surface area contributed by atoms with E-state index < -0.39 is 58.9 Å². The summed E-state index contributed by atoms with van der Waals surface area (Å²) >= 11 is 0. The number of nitrogens with zero attached hydrogens (tertiary/aromatic N) is 12. The lowest BCUT2D eigenvalue weighted by Gasteiger charge is -2.36. The lowest BCUT2D eigenvalue weighted by molar-refractivity contribution is 0.0684. The molecule has 10 N–H and O–H groups in total. The molecule has 26 heteroatoms. The van der Waals surface area contributed by atoms with Crippen LogP contribution in [0.3, 0.4) is 0 Å². The summed E-state index contributed by atoms with van der Waals surface area (Å²) in [5.74, 6) is -4.57. The third-order valence-corrected chi connectivity index (χ3v) is 11.0. The second-order valence-corrected chi connectivity index (χ2v) is 15.2. The number of alkyl halides is 2. The molecule has 2 aliphatic heterocycles. The minimum absolute atomic E-state index is 0.00475. The topological polar surface area (TPSA) is 311 Å².